The second kappa shape index (κ2) is 6.54. The van der Waals surface area contributed by atoms with Gasteiger partial charge in [-0.2, -0.15) is 0 Å². The molecule has 0 saturated heterocycles. The molecule has 0 heterocycles. The molecule has 0 radical (unpaired) electrons. The van der Waals surface area contributed by atoms with E-state index in [4.69, 9.17) is 12.2 Å². The van der Waals surface area contributed by atoms with Gasteiger partial charge in [0.2, 0.25) is 0 Å². The van der Waals surface area contributed by atoms with Gasteiger partial charge in [0.25, 0.3) is 0 Å². The molecule has 2 nitrogen and oxygen atoms in total. The number of anilines is 1. The van der Waals surface area contributed by atoms with Crippen molar-refractivity contribution in [1.82, 2.24) is 5.32 Å². The van der Waals surface area contributed by atoms with E-state index in [-0.39, 0.29) is 5.82 Å². The Balaban J connectivity index is 1.66. The second-order valence-corrected chi connectivity index (χ2v) is 5.36. The van der Waals surface area contributed by atoms with Crippen LogP contribution in [0.2, 0.25) is 0 Å². The zero-order valence-corrected chi connectivity index (χ0v) is 12.7. The Morgan fingerprint density at radius 1 is 0.909 bits per heavy atom. The second-order valence-electron chi connectivity index (χ2n) is 4.95. The van der Waals surface area contributed by atoms with Crippen LogP contribution in [0.3, 0.4) is 0 Å². The van der Waals surface area contributed by atoms with Gasteiger partial charge in [0.1, 0.15) is 5.82 Å². The monoisotopic (exact) mass is 310 g/mol. The maximum absolute atomic E-state index is 12.9. The van der Waals surface area contributed by atoms with Crippen LogP contribution in [-0.4, -0.2) is 5.11 Å². The number of thiocarbonyl (C=S) groups is 1. The molecule has 2 N–H and O–H groups in total. The number of benzene rings is 3. The molecule has 0 spiro atoms. The molecule has 4 heteroatoms. The zero-order valence-electron chi connectivity index (χ0n) is 11.8. The van der Waals surface area contributed by atoms with E-state index in [1.165, 1.54) is 28.5 Å². The lowest BCUT2D eigenvalue weighted by atomic mass is 10.0. The largest absolute Gasteiger partial charge is 0.358 e. The minimum absolute atomic E-state index is 0.264. The number of fused-ring (bicyclic) bond motifs is 1. The molecule has 0 unspecified atom stereocenters. The molecule has 0 atom stereocenters. The van der Waals surface area contributed by atoms with Crippen LogP contribution in [0.5, 0.6) is 0 Å². The van der Waals surface area contributed by atoms with Gasteiger partial charge in [0, 0.05) is 12.2 Å². The summed E-state index contributed by atoms with van der Waals surface area (Å²) in [7, 11) is 0. The lowest BCUT2D eigenvalue weighted by Crippen LogP contribution is -2.27. The lowest BCUT2D eigenvalue weighted by Gasteiger charge is -2.12. The van der Waals surface area contributed by atoms with Crippen molar-refractivity contribution in [2.45, 2.75) is 6.54 Å². The van der Waals surface area contributed by atoms with Crippen molar-refractivity contribution in [3.8, 4) is 0 Å². The number of nitrogens with one attached hydrogen (secondary N) is 2. The van der Waals surface area contributed by atoms with E-state index in [0.29, 0.717) is 11.7 Å². The standard InChI is InChI=1S/C18H15FN2S/c19-15-8-10-16(11-9-15)21-18(22)20-12-14-6-3-5-13-4-1-2-7-17(13)14/h1-11H,12H2,(H2,20,21,22). The van der Waals surface area contributed by atoms with Crippen LogP contribution in [0.15, 0.2) is 66.7 Å². The fourth-order valence-corrected chi connectivity index (χ4v) is 2.52. The van der Waals surface area contributed by atoms with Crippen LogP contribution in [0, 0.1) is 5.82 Å². The molecule has 0 aliphatic rings. The van der Waals surface area contributed by atoms with Gasteiger partial charge in [0.05, 0.1) is 0 Å². The average Bonchev–Trinajstić information content (AvgIpc) is 2.55. The summed E-state index contributed by atoms with van der Waals surface area (Å²) in [6.45, 7) is 0.633. The normalized spacial score (nSPS) is 10.4. The minimum atomic E-state index is -0.264. The first-order chi connectivity index (χ1) is 10.7. The summed E-state index contributed by atoms with van der Waals surface area (Å²) in [5, 5.41) is 9.15. The van der Waals surface area contributed by atoms with E-state index in [1.54, 1.807) is 12.1 Å². The van der Waals surface area contributed by atoms with E-state index in [1.807, 2.05) is 18.2 Å². The fourth-order valence-electron chi connectivity index (χ4n) is 2.33. The zero-order chi connectivity index (χ0) is 15.4. The molecule has 110 valence electrons. The van der Waals surface area contributed by atoms with E-state index in [0.717, 1.165) is 5.69 Å². The Labute approximate surface area is 134 Å². The highest BCUT2D eigenvalue weighted by Gasteiger charge is 2.02. The SMILES string of the molecule is Fc1ccc(NC(=S)NCc2cccc3ccccc23)cc1. The van der Waals surface area contributed by atoms with Gasteiger partial charge < -0.3 is 10.6 Å². The average molecular weight is 310 g/mol. The maximum Gasteiger partial charge on any atom is 0.171 e. The summed E-state index contributed by atoms with van der Waals surface area (Å²) in [5.74, 6) is -0.264. The molecule has 0 aliphatic heterocycles. The quantitative estimate of drug-likeness (QED) is 0.698. The molecule has 0 aromatic heterocycles. The molecular weight excluding hydrogens is 295 g/mol. The van der Waals surface area contributed by atoms with Gasteiger partial charge >= 0.3 is 0 Å². The van der Waals surface area contributed by atoms with E-state index < -0.39 is 0 Å². The summed E-state index contributed by atoms with van der Waals surface area (Å²) < 4.78 is 12.9. The van der Waals surface area contributed by atoms with Gasteiger partial charge in [-0.1, -0.05) is 42.5 Å². The van der Waals surface area contributed by atoms with Crippen LogP contribution >= 0.6 is 12.2 Å². The summed E-state index contributed by atoms with van der Waals surface area (Å²) in [5.41, 5.74) is 1.94. The first-order valence-corrected chi connectivity index (χ1v) is 7.40. The molecule has 0 bridgehead atoms. The van der Waals surface area contributed by atoms with Gasteiger partial charge in [-0.25, -0.2) is 4.39 Å². The third-order valence-electron chi connectivity index (χ3n) is 3.42. The lowest BCUT2D eigenvalue weighted by molar-refractivity contribution is 0.628. The maximum atomic E-state index is 12.9. The Hall–Kier alpha value is -2.46. The van der Waals surface area contributed by atoms with Crippen LogP contribution in [0.1, 0.15) is 5.56 Å². The van der Waals surface area contributed by atoms with Crippen LogP contribution in [0.25, 0.3) is 10.8 Å². The molecule has 3 aromatic rings. The third kappa shape index (κ3) is 3.40. The van der Waals surface area contributed by atoms with Crippen molar-refractivity contribution >= 4 is 33.8 Å². The fraction of sp³-hybridized carbons (Fsp3) is 0.0556. The highest BCUT2D eigenvalue weighted by atomic mass is 32.1. The van der Waals surface area contributed by atoms with Crippen molar-refractivity contribution in [3.05, 3.63) is 78.1 Å². The van der Waals surface area contributed by atoms with Crippen molar-refractivity contribution in [2.75, 3.05) is 5.32 Å². The molecular formula is C18H15FN2S. The van der Waals surface area contributed by atoms with E-state index >= 15 is 0 Å². The van der Waals surface area contributed by atoms with Gasteiger partial charge in [0.15, 0.2) is 5.11 Å². The molecule has 22 heavy (non-hydrogen) atoms. The van der Waals surface area contributed by atoms with Crippen molar-refractivity contribution in [2.24, 2.45) is 0 Å². The Morgan fingerprint density at radius 3 is 2.45 bits per heavy atom. The van der Waals surface area contributed by atoms with Gasteiger partial charge in [-0.3, -0.25) is 0 Å². The first-order valence-electron chi connectivity index (χ1n) is 6.99. The molecule has 3 aromatic carbocycles. The Bertz CT molecular complexity index is 794. The van der Waals surface area contributed by atoms with Gasteiger partial charge in [-0.15, -0.1) is 0 Å². The van der Waals surface area contributed by atoms with Crippen LogP contribution in [-0.2, 0) is 6.54 Å². The van der Waals surface area contributed by atoms with Crippen molar-refractivity contribution in [1.29, 1.82) is 0 Å². The van der Waals surface area contributed by atoms with Crippen LogP contribution in [0.4, 0.5) is 10.1 Å². The highest BCUT2D eigenvalue weighted by molar-refractivity contribution is 7.80. The number of hydrogen-bond acceptors (Lipinski definition) is 1. The Kier molecular flexibility index (Phi) is 4.30. The summed E-state index contributed by atoms with van der Waals surface area (Å²) in [6, 6.07) is 20.6. The number of hydrogen-bond donors (Lipinski definition) is 2. The number of rotatable bonds is 3. The number of halogens is 1. The topological polar surface area (TPSA) is 24.1 Å². The Morgan fingerprint density at radius 2 is 1.64 bits per heavy atom. The molecule has 3 rings (SSSR count). The van der Waals surface area contributed by atoms with Crippen molar-refractivity contribution in [3.63, 3.8) is 0 Å². The predicted octanol–water partition coefficient (Wildman–Crippen LogP) is 4.47. The summed E-state index contributed by atoms with van der Waals surface area (Å²) in [4.78, 5) is 0. The predicted molar refractivity (Wildman–Crippen MR) is 93.4 cm³/mol. The minimum Gasteiger partial charge on any atom is -0.358 e. The first kappa shape index (κ1) is 14.5. The molecule has 0 fully saturated rings. The van der Waals surface area contributed by atoms with E-state index in [9.17, 15) is 4.39 Å². The summed E-state index contributed by atoms with van der Waals surface area (Å²) >= 11 is 5.27. The van der Waals surface area contributed by atoms with E-state index in [2.05, 4.69) is 34.9 Å². The van der Waals surface area contributed by atoms with Gasteiger partial charge in [-0.05, 0) is 52.8 Å². The highest BCUT2D eigenvalue weighted by Crippen LogP contribution is 2.18. The molecule has 0 amide bonds. The molecule has 0 saturated carbocycles. The summed E-state index contributed by atoms with van der Waals surface area (Å²) in [6.07, 6.45) is 0. The third-order valence-corrected chi connectivity index (χ3v) is 3.67. The molecule has 0 aliphatic carbocycles. The van der Waals surface area contributed by atoms with Crippen molar-refractivity contribution < 1.29 is 4.39 Å². The van der Waals surface area contributed by atoms with Crippen LogP contribution < -0.4 is 10.6 Å². The smallest absolute Gasteiger partial charge is 0.171 e.